The van der Waals surface area contributed by atoms with Gasteiger partial charge in [0.15, 0.2) is 0 Å². The molecular weight excluding hydrogens is 230 g/mol. The standard InChI is InChI=1S/C10H17NO4S/c1-7(16(2)15)5-11-6-8(10(13)14)3-4-9(11)12/h7-8H,3-6H2,1-2H3,(H,13,14). The Labute approximate surface area is 97.3 Å². The van der Waals surface area contributed by atoms with E-state index in [0.717, 1.165) is 0 Å². The van der Waals surface area contributed by atoms with E-state index in [1.54, 1.807) is 13.2 Å². The van der Waals surface area contributed by atoms with Crippen molar-refractivity contribution in [1.29, 1.82) is 0 Å². The highest BCUT2D eigenvalue weighted by Gasteiger charge is 2.30. The third kappa shape index (κ3) is 3.30. The van der Waals surface area contributed by atoms with Crippen LogP contribution in [0, 0.1) is 5.92 Å². The quantitative estimate of drug-likeness (QED) is 0.763. The summed E-state index contributed by atoms with van der Waals surface area (Å²) in [6, 6.07) is 0. The number of carboxylic acids is 1. The lowest BCUT2D eigenvalue weighted by Crippen LogP contribution is -2.45. The van der Waals surface area contributed by atoms with Gasteiger partial charge in [0.05, 0.1) is 5.92 Å². The lowest BCUT2D eigenvalue weighted by Gasteiger charge is -2.32. The monoisotopic (exact) mass is 247 g/mol. The average molecular weight is 247 g/mol. The zero-order valence-electron chi connectivity index (χ0n) is 9.51. The van der Waals surface area contributed by atoms with E-state index in [1.807, 2.05) is 0 Å². The predicted molar refractivity (Wildman–Crippen MR) is 60.5 cm³/mol. The SMILES string of the molecule is CC(CN1CC(C(=O)O)CCC1=O)S(C)=O. The van der Waals surface area contributed by atoms with Crippen LogP contribution in [-0.4, -0.2) is 50.7 Å². The second-order valence-electron chi connectivity index (χ2n) is 4.18. The maximum atomic E-state index is 11.6. The molecule has 1 amide bonds. The first-order valence-corrected chi connectivity index (χ1v) is 6.86. The number of carbonyl (C=O) groups excluding carboxylic acids is 1. The van der Waals surface area contributed by atoms with E-state index in [2.05, 4.69) is 0 Å². The zero-order valence-corrected chi connectivity index (χ0v) is 10.3. The Kier molecular flexibility index (Phi) is 4.46. The number of aliphatic carboxylic acids is 1. The molecule has 0 radical (unpaired) electrons. The Balaban J connectivity index is 2.59. The van der Waals surface area contributed by atoms with Crippen LogP contribution in [0.1, 0.15) is 19.8 Å². The van der Waals surface area contributed by atoms with Gasteiger partial charge in [-0.1, -0.05) is 0 Å². The number of hydrogen-bond donors (Lipinski definition) is 1. The molecule has 0 aromatic heterocycles. The fourth-order valence-corrected chi connectivity index (χ4v) is 2.10. The van der Waals surface area contributed by atoms with Gasteiger partial charge in [-0.15, -0.1) is 0 Å². The minimum absolute atomic E-state index is 0.0326. The molecule has 5 nitrogen and oxygen atoms in total. The molecule has 1 heterocycles. The molecule has 1 N–H and O–H groups in total. The summed E-state index contributed by atoms with van der Waals surface area (Å²) in [6.07, 6.45) is 2.28. The summed E-state index contributed by atoms with van der Waals surface area (Å²) >= 11 is 0. The highest BCUT2D eigenvalue weighted by molar-refractivity contribution is 7.84. The van der Waals surface area contributed by atoms with Crippen molar-refractivity contribution in [3.8, 4) is 0 Å². The van der Waals surface area contributed by atoms with Gasteiger partial charge in [-0.05, 0) is 13.3 Å². The summed E-state index contributed by atoms with van der Waals surface area (Å²) in [5, 5.41) is 8.77. The van der Waals surface area contributed by atoms with Crippen molar-refractivity contribution < 1.29 is 18.9 Å². The van der Waals surface area contributed by atoms with Gasteiger partial charge in [0.1, 0.15) is 0 Å². The summed E-state index contributed by atoms with van der Waals surface area (Å²) in [6.45, 7) is 2.43. The number of carboxylic acid groups (broad SMARTS) is 1. The van der Waals surface area contributed by atoms with Crippen molar-refractivity contribution in [2.45, 2.75) is 25.0 Å². The van der Waals surface area contributed by atoms with Crippen molar-refractivity contribution in [2.75, 3.05) is 19.3 Å². The van der Waals surface area contributed by atoms with E-state index in [4.69, 9.17) is 5.11 Å². The lowest BCUT2D eigenvalue weighted by molar-refractivity contribution is -0.147. The second kappa shape index (κ2) is 5.43. The molecule has 3 unspecified atom stereocenters. The third-order valence-corrected chi connectivity index (χ3v) is 4.18. The highest BCUT2D eigenvalue weighted by Crippen LogP contribution is 2.18. The number of likely N-dealkylation sites (tertiary alicyclic amines) is 1. The van der Waals surface area contributed by atoms with Crippen LogP contribution in [0.25, 0.3) is 0 Å². The number of carbonyl (C=O) groups is 2. The van der Waals surface area contributed by atoms with E-state index in [0.29, 0.717) is 13.0 Å². The van der Waals surface area contributed by atoms with Crippen molar-refractivity contribution >= 4 is 22.7 Å². The molecular formula is C10H17NO4S. The van der Waals surface area contributed by atoms with Gasteiger partial charge >= 0.3 is 5.97 Å². The summed E-state index contributed by atoms with van der Waals surface area (Å²) < 4.78 is 11.2. The van der Waals surface area contributed by atoms with Crippen molar-refractivity contribution in [3.63, 3.8) is 0 Å². The van der Waals surface area contributed by atoms with Crippen LogP contribution in [0.3, 0.4) is 0 Å². The zero-order chi connectivity index (χ0) is 12.3. The normalized spacial score (nSPS) is 25.2. The van der Waals surface area contributed by atoms with Gasteiger partial charge in [0, 0.05) is 41.8 Å². The van der Waals surface area contributed by atoms with E-state index in [-0.39, 0.29) is 24.1 Å². The first kappa shape index (κ1) is 13.2. The van der Waals surface area contributed by atoms with Gasteiger partial charge in [0.25, 0.3) is 0 Å². The number of amides is 1. The molecule has 1 aliphatic rings. The van der Waals surface area contributed by atoms with Crippen LogP contribution in [0.2, 0.25) is 0 Å². The maximum absolute atomic E-state index is 11.6. The molecule has 6 heteroatoms. The molecule has 1 aliphatic heterocycles. The summed E-state index contributed by atoms with van der Waals surface area (Å²) in [7, 11) is -0.990. The maximum Gasteiger partial charge on any atom is 0.308 e. The van der Waals surface area contributed by atoms with Crippen LogP contribution >= 0.6 is 0 Å². The molecule has 1 fully saturated rings. The number of hydrogen-bond acceptors (Lipinski definition) is 3. The molecule has 16 heavy (non-hydrogen) atoms. The number of rotatable bonds is 4. The molecule has 0 aromatic carbocycles. The molecule has 0 spiro atoms. The minimum Gasteiger partial charge on any atom is -0.481 e. The largest absolute Gasteiger partial charge is 0.481 e. The summed E-state index contributed by atoms with van der Waals surface area (Å²) in [5.41, 5.74) is 0. The van der Waals surface area contributed by atoms with Gasteiger partial charge in [0.2, 0.25) is 5.91 Å². The van der Waals surface area contributed by atoms with Gasteiger partial charge < -0.3 is 10.0 Å². The van der Waals surface area contributed by atoms with Gasteiger partial charge in [-0.3, -0.25) is 13.8 Å². The fraction of sp³-hybridized carbons (Fsp3) is 0.800. The molecule has 1 saturated heterocycles. The number of piperidine rings is 1. The van der Waals surface area contributed by atoms with Crippen LogP contribution in [0.4, 0.5) is 0 Å². The van der Waals surface area contributed by atoms with Crippen molar-refractivity contribution in [2.24, 2.45) is 5.92 Å². The fourth-order valence-electron chi connectivity index (χ4n) is 1.71. The number of nitrogens with zero attached hydrogens (tertiary/aromatic N) is 1. The first-order chi connectivity index (χ1) is 7.41. The molecule has 0 saturated carbocycles. The van der Waals surface area contributed by atoms with Gasteiger partial charge in [-0.2, -0.15) is 0 Å². The molecule has 0 bridgehead atoms. The third-order valence-electron chi connectivity index (χ3n) is 2.89. The van der Waals surface area contributed by atoms with Crippen LogP contribution < -0.4 is 0 Å². The lowest BCUT2D eigenvalue weighted by atomic mass is 9.98. The Morgan fingerprint density at radius 1 is 1.69 bits per heavy atom. The van der Waals surface area contributed by atoms with E-state index < -0.39 is 22.7 Å². The molecule has 0 aliphatic carbocycles. The Bertz CT molecular complexity index is 316. The first-order valence-electron chi connectivity index (χ1n) is 5.24. The van der Waals surface area contributed by atoms with Crippen molar-refractivity contribution in [1.82, 2.24) is 4.90 Å². The molecule has 1 rings (SSSR count). The van der Waals surface area contributed by atoms with Crippen LogP contribution in [0.5, 0.6) is 0 Å². The van der Waals surface area contributed by atoms with E-state index in [9.17, 15) is 13.8 Å². The Morgan fingerprint density at radius 3 is 2.81 bits per heavy atom. The summed E-state index contributed by atoms with van der Waals surface area (Å²) in [5.74, 6) is -1.37. The average Bonchev–Trinajstić information content (AvgIpc) is 2.20. The smallest absolute Gasteiger partial charge is 0.308 e. The van der Waals surface area contributed by atoms with Crippen molar-refractivity contribution in [3.05, 3.63) is 0 Å². The highest BCUT2D eigenvalue weighted by atomic mass is 32.2. The second-order valence-corrected chi connectivity index (χ2v) is 5.98. The topological polar surface area (TPSA) is 74.7 Å². The van der Waals surface area contributed by atoms with Gasteiger partial charge in [-0.25, -0.2) is 0 Å². The van der Waals surface area contributed by atoms with Crippen LogP contribution in [-0.2, 0) is 20.4 Å². The van der Waals surface area contributed by atoms with E-state index in [1.165, 1.54) is 4.90 Å². The molecule has 92 valence electrons. The molecule has 0 aromatic rings. The summed E-state index contributed by atoms with van der Waals surface area (Å²) in [4.78, 5) is 23.9. The predicted octanol–water partition coefficient (Wildman–Crippen LogP) is 0.0766. The minimum atomic E-state index is -0.990. The van der Waals surface area contributed by atoms with E-state index >= 15 is 0 Å². The Hall–Kier alpha value is -0.910. The Morgan fingerprint density at radius 2 is 2.31 bits per heavy atom. The van der Waals surface area contributed by atoms with Crippen LogP contribution in [0.15, 0.2) is 0 Å². The molecule has 3 atom stereocenters.